The van der Waals surface area contributed by atoms with Crippen molar-refractivity contribution in [2.24, 2.45) is 11.3 Å². The lowest BCUT2D eigenvalue weighted by molar-refractivity contribution is 0.225. The summed E-state index contributed by atoms with van der Waals surface area (Å²) in [5.41, 5.74) is 9.04. The molecule has 5 rings (SSSR count). The topological polar surface area (TPSA) is 41.6 Å². The molecule has 1 N–H and O–H groups in total. The Balaban J connectivity index is 1.72. The van der Waals surface area contributed by atoms with Crippen LogP contribution in [0.25, 0.3) is 39.0 Å². The third-order valence-corrected chi connectivity index (χ3v) is 6.32. The fourth-order valence-electron chi connectivity index (χ4n) is 4.54. The van der Waals surface area contributed by atoms with Crippen molar-refractivity contribution in [1.29, 1.82) is 0 Å². The van der Waals surface area contributed by atoms with Gasteiger partial charge in [-0.2, -0.15) is 0 Å². The molecule has 0 bridgehead atoms. The largest absolute Gasteiger partial charge is 0.337 e. The number of H-pyrrole nitrogens is 1. The molecule has 0 fully saturated rings. The summed E-state index contributed by atoms with van der Waals surface area (Å²) < 4.78 is 0. The predicted molar refractivity (Wildman–Crippen MR) is 122 cm³/mol. The van der Waals surface area contributed by atoms with E-state index in [-0.39, 0.29) is 0 Å². The van der Waals surface area contributed by atoms with E-state index in [0.717, 1.165) is 46.7 Å². The van der Waals surface area contributed by atoms with Crippen molar-refractivity contribution in [3.8, 4) is 11.3 Å². The second-order valence-electron chi connectivity index (χ2n) is 9.22. The highest BCUT2D eigenvalue weighted by molar-refractivity contribution is 5.99. The average Bonchev–Trinajstić information content (AvgIpc) is 3.10. The maximum atomic E-state index is 5.03. The minimum Gasteiger partial charge on any atom is -0.337 e. The molecule has 2 aromatic carbocycles. The van der Waals surface area contributed by atoms with Crippen molar-refractivity contribution in [3.05, 3.63) is 66.2 Å². The van der Waals surface area contributed by atoms with Gasteiger partial charge >= 0.3 is 0 Å². The normalized spacial score (nSPS) is 17.6. The van der Waals surface area contributed by atoms with Crippen molar-refractivity contribution in [2.45, 2.75) is 40.0 Å². The summed E-state index contributed by atoms with van der Waals surface area (Å²) in [4.78, 5) is 13.5. The Kier molecular flexibility index (Phi) is 4.27. The lowest BCUT2D eigenvalue weighted by atomic mass is 9.72. The Labute approximate surface area is 171 Å². The van der Waals surface area contributed by atoms with Crippen molar-refractivity contribution in [3.63, 3.8) is 0 Å². The molecule has 146 valence electrons. The van der Waals surface area contributed by atoms with Crippen LogP contribution < -0.4 is 0 Å². The molecule has 0 spiro atoms. The van der Waals surface area contributed by atoms with Gasteiger partial charge in [0.15, 0.2) is 5.65 Å². The molecular weight excluding hydrogens is 354 g/mol. The van der Waals surface area contributed by atoms with Gasteiger partial charge in [0.25, 0.3) is 0 Å². The molecule has 2 heterocycles. The molecule has 3 heteroatoms. The van der Waals surface area contributed by atoms with Crippen LogP contribution >= 0.6 is 0 Å². The van der Waals surface area contributed by atoms with E-state index in [0.29, 0.717) is 5.41 Å². The van der Waals surface area contributed by atoms with E-state index in [1.807, 2.05) is 24.3 Å². The highest BCUT2D eigenvalue weighted by Gasteiger charge is 2.28. The smallest absolute Gasteiger partial charge is 0.157 e. The monoisotopic (exact) mass is 381 g/mol. The zero-order valence-electron chi connectivity index (χ0n) is 17.4. The first kappa shape index (κ1) is 18.1. The Morgan fingerprint density at radius 1 is 0.897 bits per heavy atom. The van der Waals surface area contributed by atoms with Crippen molar-refractivity contribution >= 4 is 27.8 Å². The van der Waals surface area contributed by atoms with E-state index in [9.17, 15) is 0 Å². The number of hydrogen-bond donors (Lipinski definition) is 1. The van der Waals surface area contributed by atoms with Crippen LogP contribution in [0, 0.1) is 11.3 Å². The van der Waals surface area contributed by atoms with E-state index in [1.54, 1.807) is 0 Å². The van der Waals surface area contributed by atoms with E-state index < -0.39 is 0 Å². The molecule has 0 radical (unpaired) electrons. The van der Waals surface area contributed by atoms with Crippen LogP contribution in [0.5, 0.6) is 0 Å². The van der Waals surface area contributed by atoms with Gasteiger partial charge in [-0.05, 0) is 53.9 Å². The molecule has 29 heavy (non-hydrogen) atoms. The van der Waals surface area contributed by atoms with Gasteiger partial charge in [0, 0.05) is 5.56 Å². The molecular formula is C26H27N3. The number of rotatable bonds is 2. The third-order valence-electron chi connectivity index (χ3n) is 6.32. The van der Waals surface area contributed by atoms with Crippen molar-refractivity contribution in [2.75, 3.05) is 0 Å². The minimum absolute atomic E-state index is 0.348. The molecule has 0 aliphatic heterocycles. The highest BCUT2D eigenvalue weighted by Crippen LogP contribution is 2.43. The number of aromatic nitrogens is 3. The summed E-state index contributed by atoms with van der Waals surface area (Å²) in [5.74, 6) is 0.726. The molecule has 3 nitrogen and oxygen atoms in total. The van der Waals surface area contributed by atoms with Gasteiger partial charge in [0.05, 0.1) is 16.7 Å². The molecule has 4 aromatic rings. The van der Waals surface area contributed by atoms with Gasteiger partial charge < -0.3 is 4.98 Å². The van der Waals surface area contributed by atoms with Crippen LogP contribution in [0.15, 0.2) is 60.7 Å². The summed E-state index contributed by atoms with van der Waals surface area (Å²) in [6.07, 6.45) is 5.88. The molecule has 1 aliphatic rings. The number of nitrogens with zero attached hydrogens (tertiary/aromatic N) is 2. The molecule has 0 saturated heterocycles. The number of fused-ring (bicyclic) bond motifs is 2. The number of nitrogens with one attached hydrogen (secondary N) is 1. The maximum absolute atomic E-state index is 5.03. The Hall–Kier alpha value is -2.94. The van der Waals surface area contributed by atoms with Gasteiger partial charge in [-0.25, -0.2) is 9.97 Å². The summed E-state index contributed by atoms with van der Waals surface area (Å²) in [7, 11) is 0. The molecule has 1 atom stereocenters. The van der Waals surface area contributed by atoms with Crippen molar-refractivity contribution < 1.29 is 0 Å². The molecule has 1 unspecified atom stereocenters. The van der Waals surface area contributed by atoms with Crippen LogP contribution in [0.3, 0.4) is 0 Å². The third kappa shape index (κ3) is 3.25. The number of hydrogen-bond acceptors (Lipinski definition) is 2. The van der Waals surface area contributed by atoms with Gasteiger partial charge in [0.2, 0.25) is 0 Å². The van der Waals surface area contributed by atoms with E-state index in [1.165, 1.54) is 23.1 Å². The van der Waals surface area contributed by atoms with E-state index in [2.05, 4.69) is 62.2 Å². The Bertz CT molecular complexity index is 1210. The summed E-state index contributed by atoms with van der Waals surface area (Å²) in [6.45, 7) is 7.07. The summed E-state index contributed by atoms with van der Waals surface area (Å²) in [5, 5.41) is 0. The number of para-hydroxylation sites is 2. The molecule has 2 aromatic heterocycles. The quantitative estimate of drug-likeness (QED) is 0.406. The average molecular weight is 382 g/mol. The standard InChI is InChI=1S/C26H27N3/c1-26(2,3)19-15-13-17(14-16-19)22-23(18-9-5-4-6-10-18)29-25-24(22)27-20-11-7-8-12-21(20)28-25/h4-13,19H,14-16H2,1-3H3,(H,28,29). The second-order valence-corrected chi connectivity index (χ2v) is 9.22. The van der Waals surface area contributed by atoms with E-state index in [4.69, 9.17) is 9.97 Å². The fraction of sp³-hybridized carbons (Fsp3) is 0.308. The number of aromatic amines is 1. The zero-order chi connectivity index (χ0) is 20.0. The predicted octanol–water partition coefficient (Wildman–Crippen LogP) is 7.01. The van der Waals surface area contributed by atoms with Gasteiger partial charge in [-0.1, -0.05) is 69.3 Å². The summed E-state index contributed by atoms with van der Waals surface area (Å²) >= 11 is 0. The SMILES string of the molecule is CC(C)(C)C1CC=C(c2c(-c3ccccc3)[nH]c3nc4ccccc4nc23)CC1. The van der Waals surface area contributed by atoms with E-state index >= 15 is 0 Å². The maximum Gasteiger partial charge on any atom is 0.157 e. The molecule has 0 amide bonds. The van der Waals surface area contributed by atoms with Crippen LogP contribution in [0.4, 0.5) is 0 Å². The Morgan fingerprint density at radius 3 is 2.24 bits per heavy atom. The van der Waals surface area contributed by atoms with Gasteiger partial charge in [-0.15, -0.1) is 0 Å². The van der Waals surface area contributed by atoms with Crippen LogP contribution in [-0.4, -0.2) is 15.0 Å². The number of allylic oxidation sites excluding steroid dienone is 2. The highest BCUT2D eigenvalue weighted by atomic mass is 14.9. The minimum atomic E-state index is 0.348. The lowest BCUT2D eigenvalue weighted by Crippen LogP contribution is -2.22. The fourth-order valence-corrected chi connectivity index (χ4v) is 4.54. The van der Waals surface area contributed by atoms with Gasteiger partial charge in [0.1, 0.15) is 5.52 Å². The number of benzene rings is 2. The first-order valence-corrected chi connectivity index (χ1v) is 10.5. The Morgan fingerprint density at radius 2 is 1.59 bits per heavy atom. The van der Waals surface area contributed by atoms with Crippen molar-refractivity contribution in [1.82, 2.24) is 15.0 Å². The van der Waals surface area contributed by atoms with Crippen LogP contribution in [-0.2, 0) is 0 Å². The van der Waals surface area contributed by atoms with Gasteiger partial charge in [-0.3, -0.25) is 0 Å². The van der Waals surface area contributed by atoms with Crippen LogP contribution in [0.1, 0.15) is 45.6 Å². The lowest BCUT2D eigenvalue weighted by Gasteiger charge is -2.33. The first-order valence-electron chi connectivity index (χ1n) is 10.5. The zero-order valence-corrected chi connectivity index (χ0v) is 17.4. The second kappa shape index (κ2) is 6.84. The van der Waals surface area contributed by atoms with Crippen LogP contribution in [0.2, 0.25) is 0 Å². The molecule has 0 saturated carbocycles. The molecule has 1 aliphatic carbocycles. The first-order chi connectivity index (χ1) is 14.0. The summed E-state index contributed by atoms with van der Waals surface area (Å²) in [6, 6.07) is 18.7.